The molecule has 25 heavy (non-hydrogen) atoms. The van der Waals surface area contributed by atoms with E-state index in [0.717, 1.165) is 24.8 Å². The van der Waals surface area contributed by atoms with Gasteiger partial charge in [0.1, 0.15) is 0 Å². The third-order valence-electron chi connectivity index (χ3n) is 4.38. The van der Waals surface area contributed by atoms with Crippen LogP contribution in [-0.2, 0) is 16.0 Å². The summed E-state index contributed by atoms with van der Waals surface area (Å²) in [6, 6.07) is 10.7. The zero-order valence-electron chi connectivity index (χ0n) is 14.0. The van der Waals surface area contributed by atoms with E-state index in [2.05, 4.69) is 11.4 Å². The summed E-state index contributed by atoms with van der Waals surface area (Å²) < 4.78 is 5.78. The van der Waals surface area contributed by atoms with Crippen molar-refractivity contribution in [2.45, 2.75) is 38.3 Å². The fourth-order valence-electron chi connectivity index (χ4n) is 3.02. The van der Waals surface area contributed by atoms with Crippen LogP contribution in [-0.4, -0.2) is 18.0 Å². The Morgan fingerprint density at radius 1 is 1.24 bits per heavy atom. The van der Waals surface area contributed by atoms with E-state index < -0.39 is 12.1 Å². The minimum Gasteiger partial charge on any atom is -0.619 e. The van der Waals surface area contributed by atoms with Crippen LogP contribution in [0.1, 0.15) is 47.3 Å². The van der Waals surface area contributed by atoms with Crippen molar-refractivity contribution >= 4 is 11.9 Å². The number of ether oxygens (including phenoxy) is 1. The number of esters is 1. The maximum absolute atomic E-state index is 12.4. The molecule has 1 aromatic heterocycles. The van der Waals surface area contributed by atoms with Gasteiger partial charge in [-0.15, -0.1) is 0 Å². The number of nitrogens with zero attached hydrogens (tertiary/aromatic N) is 1. The highest BCUT2D eigenvalue weighted by Crippen LogP contribution is 2.29. The summed E-state index contributed by atoms with van der Waals surface area (Å²) in [6.07, 6.45) is 4.39. The van der Waals surface area contributed by atoms with E-state index in [1.807, 2.05) is 18.2 Å². The highest BCUT2D eigenvalue weighted by Gasteiger charge is 2.25. The van der Waals surface area contributed by atoms with E-state index in [-0.39, 0.29) is 17.5 Å². The Morgan fingerprint density at radius 3 is 2.72 bits per heavy atom. The highest BCUT2D eigenvalue weighted by atomic mass is 16.5. The smallest absolute Gasteiger partial charge is 0.339 e. The van der Waals surface area contributed by atoms with Gasteiger partial charge in [-0.05, 0) is 37.3 Å². The van der Waals surface area contributed by atoms with Crippen molar-refractivity contribution in [2.75, 3.05) is 0 Å². The van der Waals surface area contributed by atoms with Crippen LogP contribution in [0.4, 0.5) is 0 Å². The van der Waals surface area contributed by atoms with Crippen molar-refractivity contribution < 1.29 is 19.1 Å². The van der Waals surface area contributed by atoms with E-state index >= 15 is 0 Å². The molecule has 1 heterocycles. The number of fused-ring (bicyclic) bond motifs is 1. The number of benzene rings is 1. The number of aromatic nitrogens is 1. The highest BCUT2D eigenvalue weighted by molar-refractivity contribution is 5.92. The molecule has 1 aliphatic rings. The van der Waals surface area contributed by atoms with Crippen LogP contribution in [0.5, 0.6) is 0 Å². The summed E-state index contributed by atoms with van der Waals surface area (Å²) in [4.78, 5) is 24.4. The Balaban J connectivity index is 1.62. The molecule has 0 saturated carbocycles. The number of rotatable bonds is 4. The van der Waals surface area contributed by atoms with Crippen LogP contribution in [0, 0.1) is 5.21 Å². The van der Waals surface area contributed by atoms with E-state index in [0.29, 0.717) is 4.73 Å². The molecule has 1 aliphatic carbocycles. The predicted molar refractivity (Wildman–Crippen MR) is 90.5 cm³/mol. The Labute approximate surface area is 146 Å². The lowest BCUT2D eigenvalue weighted by atomic mass is 9.87. The molecule has 0 aliphatic heterocycles. The van der Waals surface area contributed by atoms with Crippen LogP contribution in [0.15, 0.2) is 48.8 Å². The standard InChI is InChI=1S/C19H20N2O4/c1-13(25-19(23)15-9-11-21(24)12-10-15)18(22)20-17-8-4-6-14-5-2-3-7-16(14)17/h2-3,5,7,9-13,17H,4,6,8H2,1H3,(H,20,22)/t13-,17-/m0/s1. The van der Waals surface area contributed by atoms with Gasteiger partial charge in [-0.3, -0.25) is 4.79 Å². The first kappa shape index (κ1) is 17.0. The molecule has 6 nitrogen and oxygen atoms in total. The Hall–Kier alpha value is -2.89. The number of nitrogens with one attached hydrogen (secondary N) is 1. The van der Waals surface area contributed by atoms with Gasteiger partial charge in [0, 0.05) is 12.1 Å². The quantitative estimate of drug-likeness (QED) is 0.525. The minimum absolute atomic E-state index is 0.0604. The predicted octanol–water partition coefficient (Wildman–Crippen LogP) is 2.06. The summed E-state index contributed by atoms with van der Waals surface area (Å²) >= 11 is 0. The van der Waals surface area contributed by atoms with Crippen molar-refractivity contribution in [3.05, 3.63) is 70.7 Å². The van der Waals surface area contributed by atoms with Gasteiger partial charge in [-0.2, -0.15) is 4.73 Å². The van der Waals surface area contributed by atoms with E-state index in [1.165, 1.54) is 30.1 Å². The first-order valence-electron chi connectivity index (χ1n) is 8.32. The largest absolute Gasteiger partial charge is 0.619 e. The minimum atomic E-state index is -0.916. The number of hydrogen-bond donors (Lipinski definition) is 1. The number of amides is 1. The molecule has 2 atom stereocenters. The molecule has 2 aromatic rings. The molecule has 130 valence electrons. The molecule has 0 radical (unpaired) electrons. The first-order valence-corrected chi connectivity index (χ1v) is 8.32. The van der Waals surface area contributed by atoms with Crippen molar-refractivity contribution in [3.63, 3.8) is 0 Å². The van der Waals surface area contributed by atoms with Gasteiger partial charge in [0.2, 0.25) is 0 Å². The second kappa shape index (κ2) is 7.34. The number of pyridine rings is 1. The maximum atomic E-state index is 12.4. The topological polar surface area (TPSA) is 82.3 Å². The van der Waals surface area contributed by atoms with Crippen LogP contribution < -0.4 is 10.0 Å². The molecular formula is C19H20N2O4. The SMILES string of the molecule is C[C@H](OC(=O)c1cc[n+]([O-])cc1)C(=O)N[C@H]1CCCc2ccccc21. The van der Waals surface area contributed by atoms with Crippen LogP contribution in [0.2, 0.25) is 0 Å². The molecule has 3 rings (SSSR count). The van der Waals surface area contributed by atoms with Gasteiger partial charge in [-0.25, -0.2) is 4.79 Å². The van der Waals surface area contributed by atoms with Crippen molar-refractivity contribution in [1.82, 2.24) is 5.32 Å². The number of carbonyl (C=O) groups excluding carboxylic acids is 2. The summed E-state index contributed by atoms with van der Waals surface area (Å²) in [5.41, 5.74) is 2.61. The Bertz CT molecular complexity index is 773. The van der Waals surface area contributed by atoms with Crippen LogP contribution >= 0.6 is 0 Å². The van der Waals surface area contributed by atoms with E-state index in [1.54, 1.807) is 6.92 Å². The molecular weight excluding hydrogens is 320 g/mol. The molecule has 0 bridgehead atoms. The summed E-state index contributed by atoms with van der Waals surface area (Å²) in [7, 11) is 0. The summed E-state index contributed by atoms with van der Waals surface area (Å²) in [5.74, 6) is -0.961. The van der Waals surface area contributed by atoms with E-state index in [4.69, 9.17) is 4.74 Å². The molecule has 0 fully saturated rings. The maximum Gasteiger partial charge on any atom is 0.339 e. The van der Waals surface area contributed by atoms with Gasteiger partial charge in [0.05, 0.1) is 11.6 Å². The Morgan fingerprint density at radius 2 is 1.96 bits per heavy atom. The second-order valence-electron chi connectivity index (χ2n) is 6.15. The van der Waals surface area contributed by atoms with Gasteiger partial charge >= 0.3 is 5.97 Å². The number of aryl methyl sites for hydroxylation is 1. The average Bonchev–Trinajstić information content (AvgIpc) is 2.62. The Kier molecular flexibility index (Phi) is 4.97. The number of hydrogen-bond acceptors (Lipinski definition) is 4. The van der Waals surface area contributed by atoms with Gasteiger partial charge in [0.25, 0.3) is 5.91 Å². The molecule has 6 heteroatoms. The molecule has 1 N–H and O–H groups in total. The third-order valence-corrected chi connectivity index (χ3v) is 4.38. The molecule has 0 unspecified atom stereocenters. The lowest BCUT2D eigenvalue weighted by Gasteiger charge is -2.27. The summed E-state index contributed by atoms with van der Waals surface area (Å²) in [5, 5.41) is 14.0. The fraction of sp³-hybridized carbons (Fsp3) is 0.316. The fourth-order valence-corrected chi connectivity index (χ4v) is 3.02. The number of carbonyl (C=O) groups is 2. The van der Waals surface area contributed by atoms with Gasteiger partial charge in [0.15, 0.2) is 18.5 Å². The van der Waals surface area contributed by atoms with Crippen molar-refractivity contribution in [2.24, 2.45) is 0 Å². The molecule has 0 saturated heterocycles. The van der Waals surface area contributed by atoms with Crippen molar-refractivity contribution in [3.8, 4) is 0 Å². The lowest BCUT2D eigenvalue weighted by Crippen LogP contribution is -2.39. The van der Waals surface area contributed by atoms with Crippen molar-refractivity contribution in [1.29, 1.82) is 0 Å². The van der Waals surface area contributed by atoms with Crippen LogP contribution in [0.25, 0.3) is 0 Å². The monoisotopic (exact) mass is 340 g/mol. The molecule has 0 spiro atoms. The van der Waals surface area contributed by atoms with Gasteiger partial charge < -0.3 is 15.3 Å². The second-order valence-corrected chi connectivity index (χ2v) is 6.15. The van der Waals surface area contributed by atoms with E-state index in [9.17, 15) is 14.8 Å². The normalized spacial score (nSPS) is 17.2. The van der Waals surface area contributed by atoms with Crippen LogP contribution in [0.3, 0.4) is 0 Å². The zero-order valence-corrected chi connectivity index (χ0v) is 14.0. The summed E-state index contributed by atoms with van der Waals surface area (Å²) in [6.45, 7) is 1.54. The first-order chi connectivity index (χ1) is 12.0. The average molecular weight is 340 g/mol. The lowest BCUT2D eigenvalue weighted by molar-refractivity contribution is -0.605. The third kappa shape index (κ3) is 3.96. The molecule has 1 aromatic carbocycles. The van der Waals surface area contributed by atoms with Gasteiger partial charge in [-0.1, -0.05) is 24.3 Å². The molecule has 1 amide bonds. The zero-order chi connectivity index (χ0) is 17.8.